The van der Waals surface area contributed by atoms with Crippen LogP contribution in [0.25, 0.3) is 10.9 Å². The fourth-order valence-electron chi connectivity index (χ4n) is 1.53. The lowest BCUT2D eigenvalue weighted by Gasteiger charge is -1.97. The zero-order chi connectivity index (χ0) is 11.7. The van der Waals surface area contributed by atoms with E-state index >= 15 is 0 Å². The second kappa shape index (κ2) is 4.09. The Bertz CT molecular complexity index is 574. The lowest BCUT2D eigenvalue weighted by Crippen LogP contribution is -2.15. The minimum absolute atomic E-state index is 0.308. The third kappa shape index (κ3) is 1.63. The van der Waals surface area contributed by atoms with Crippen molar-refractivity contribution in [1.29, 1.82) is 0 Å². The van der Waals surface area contributed by atoms with Gasteiger partial charge in [-0.15, -0.1) is 0 Å². The Morgan fingerprint density at radius 2 is 2.00 bits per heavy atom. The van der Waals surface area contributed by atoms with Gasteiger partial charge in [-0.2, -0.15) is 0 Å². The Labute approximate surface area is 99.7 Å². The van der Waals surface area contributed by atoms with Crippen molar-refractivity contribution < 1.29 is 14.3 Å². The first-order valence-electron chi connectivity index (χ1n) is 4.54. The van der Waals surface area contributed by atoms with E-state index in [4.69, 9.17) is 0 Å². The van der Waals surface area contributed by atoms with Crippen molar-refractivity contribution in [3.05, 3.63) is 34.4 Å². The molecule has 0 spiro atoms. The van der Waals surface area contributed by atoms with Gasteiger partial charge in [-0.05, 0) is 22.0 Å². The second-order valence-electron chi connectivity index (χ2n) is 3.18. The predicted octanol–water partition coefficient (Wildman–Crippen LogP) is 2.29. The Hall–Kier alpha value is -1.62. The van der Waals surface area contributed by atoms with E-state index in [1.165, 1.54) is 7.11 Å². The molecule has 4 nitrogen and oxygen atoms in total. The number of esters is 1. The fraction of sp³-hybridized carbons (Fsp3) is 0.0909. The SMILES string of the molecule is COC(=O)C(=O)c1c(Br)[nH]c2ccccc12. The van der Waals surface area contributed by atoms with Crippen molar-refractivity contribution >= 4 is 38.6 Å². The van der Waals surface area contributed by atoms with E-state index in [2.05, 4.69) is 25.7 Å². The number of ketones is 1. The number of nitrogens with one attached hydrogen (secondary N) is 1. The monoisotopic (exact) mass is 281 g/mol. The van der Waals surface area contributed by atoms with E-state index < -0.39 is 11.8 Å². The summed E-state index contributed by atoms with van der Waals surface area (Å²) in [6.07, 6.45) is 0. The standard InChI is InChI=1S/C11H8BrNO3/c1-16-11(15)9(14)8-6-4-2-3-5-7(6)13-10(8)12/h2-5,13H,1H3. The number of para-hydroxylation sites is 1. The number of ether oxygens (including phenoxy) is 1. The minimum atomic E-state index is -0.870. The van der Waals surface area contributed by atoms with Crippen LogP contribution in [0, 0.1) is 0 Å². The number of methoxy groups -OCH3 is 1. The van der Waals surface area contributed by atoms with Crippen LogP contribution in [0.3, 0.4) is 0 Å². The van der Waals surface area contributed by atoms with Crippen molar-refractivity contribution in [2.45, 2.75) is 0 Å². The molecule has 0 saturated heterocycles. The smallest absolute Gasteiger partial charge is 0.379 e. The molecule has 0 bridgehead atoms. The average molecular weight is 282 g/mol. The molecule has 16 heavy (non-hydrogen) atoms. The second-order valence-corrected chi connectivity index (χ2v) is 3.97. The van der Waals surface area contributed by atoms with Crippen molar-refractivity contribution in [3.63, 3.8) is 0 Å². The molecule has 0 fully saturated rings. The number of halogens is 1. The molecule has 0 saturated carbocycles. The van der Waals surface area contributed by atoms with E-state index in [1.807, 2.05) is 12.1 Å². The summed E-state index contributed by atoms with van der Waals surface area (Å²) in [5.41, 5.74) is 1.10. The molecule has 82 valence electrons. The third-order valence-corrected chi connectivity index (χ3v) is 2.85. The number of carbonyl (C=O) groups excluding carboxylic acids is 2. The van der Waals surface area contributed by atoms with Gasteiger partial charge in [-0.25, -0.2) is 4.79 Å². The summed E-state index contributed by atoms with van der Waals surface area (Å²) in [7, 11) is 1.18. The highest BCUT2D eigenvalue weighted by molar-refractivity contribution is 9.10. The molecule has 0 aliphatic heterocycles. The molecule has 1 heterocycles. The van der Waals surface area contributed by atoms with Crippen LogP contribution in [0.2, 0.25) is 0 Å². The van der Waals surface area contributed by atoms with Crippen LogP contribution in [0.15, 0.2) is 28.9 Å². The molecule has 1 aromatic carbocycles. The number of aromatic amines is 1. The van der Waals surface area contributed by atoms with Crippen molar-refractivity contribution in [2.24, 2.45) is 0 Å². The van der Waals surface area contributed by atoms with E-state index in [0.717, 1.165) is 5.52 Å². The molecule has 1 N–H and O–H groups in total. The van der Waals surface area contributed by atoms with Crippen LogP contribution in [0.4, 0.5) is 0 Å². The van der Waals surface area contributed by atoms with Gasteiger partial charge in [0, 0.05) is 10.9 Å². The molecule has 5 heteroatoms. The number of fused-ring (bicyclic) bond motifs is 1. The van der Waals surface area contributed by atoms with Crippen molar-refractivity contribution in [2.75, 3.05) is 7.11 Å². The topological polar surface area (TPSA) is 59.2 Å². The molecule has 0 amide bonds. The molecule has 0 unspecified atom stereocenters. The molecule has 0 atom stereocenters. The summed E-state index contributed by atoms with van der Waals surface area (Å²) in [5.74, 6) is -1.53. The summed E-state index contributed by atoms with van der Waals surface area (Å²) in [6.45, 7) is 0. The highest BCUT2D eigenvalue weighted by atomic mass is 79.9. The van der Waals surface area contributed by atoms with Crippen molar-refractivity contribution in [1.82, 2.24) is 4.98 Å². The third-order valence-electron chi connectivity index (χ3n) is 2.26. The zero-order valence-electron chi connectivity index (χ0n) is 8.41. The lowest BCUT2D eigenvalue weighted by molar-refractivity contribution is -0.135. The van der Waals surface area contributed by atoms with E-state index in [1.54, 1.807) is 12.1 Å². The molecule has 0 aliphatic carbocycles. The number of hydrogen-bond donors (Lipinski definition) is 1. The van der Waals surface area contributed by atoms with Gasteiger partial charge in [0.05, 0.1) is 17.3 Å². The number of carbonyl (C=O) groups is 2. The maximum Gasteiger partial charge on any atom is 0.379 e. The van der Waals surface area contributed by atoms with Crippen LogP contribution < -0.4 is 0 Å². The molecular formula is C11H8BrNO3. The minimum Gasteiger partial charge on any atom is -0.463 e. The van der Waals surface area contributed by atoms with Crippen LogP contribution in [0.5, 0.6) is 0 Å². The highest BCUT2D eigenvalue weighted by Gasteiger charge is 2.23. The normalized spacial score (nSPS) is 10.4. The van der Waals surface area contributed by atoms with Crippen molar-refractivity contribution in [3.8, 4) is 0 Å². The summed E-state index contributed by atoms with van der Waals surface area (Å²) in [4.78, 5) is 25.9. The summed E-state index contributed by atoms with van der Waals surface area (Å²) in [6, 6.07) is 7.25. The molecule has 0 aliphatic rings. The Kier molecular flexibility index (Phi) is 2.78. The number of hydrogen-bond acceptors (Lipinski definition) is 3. The quantitative estimate of drug-likeness (QED) is 0.522. The summed E-state index contributed by atoms with van der Waals surface area (Å²) >= 11 is 3.22. The van der Waals surface area contributed by atoms with Gasteiger partial charge in [0.15, 0.2) is 0 Å². The number of Topliss-reactive ketones (excluding diaryl/α,β-unsaturated/α-hetero) is 1. The predicted molar refractivity (Wildman–Crippen MR) is 62.3 cm³/mol. The largest absolute Gasteiger partial charge is 0.463 e. The summed E-state index contributed by atoms with van der Waals surface area (Å²) in [5, 5.41) is 0.699. The number of aromatic nitrogens is 1. The average Bonchev–Trinajstić information content (AvgIpc) is 2.63. The van der Waals surface area contributed by atoms with Crippen LogP contribution in [0.1, 0.15) is 10.4 Å². The maximum absolute atomic E-state index is 11.7. The van der Waals surface area contributed by atoms with Gasteiger partial charge in [-0.1, -0.05) is 18.2 Å². The Morgan fingerprint density at radius 3 is 2.69 bits per heavy atom. The first-order valence-corrected chi connectivity index (χ1v) is 5.33. The lowest BCUT2D eigenvalue weighted by atomic mass is 10.1. The molecule has 1 aromatic heterocycles. The summed E-state index contributed by atoms with van der Waals surface area (Å²) < 4.78 is 4.91. The van der Waals surface area contributed by atoms with Gasteiger partial charge in [0.1, 0.15) is 0 Å². The maximum atomic E-state index is 11.7. The van der Waals surface area contributed by atoms with Crippen LogP contribution in [-0.4, -0.2) is 23.8 Å². The van der Waals surface area contributed by atoms with Gasteiger partial charge >= 0.3 is 5.97 Å². The van der Waals surface area contributed by atoms with Gasteiger partial charge in [0.2, 0.25) is 0 Å². The first kappa shape index (κ1) is 10.9. The van der Waals surface area contributed by atoms with Gasteiger partial charge < -0.3 is 9.72 Å². The molecule has 0 radical (unpaired) electrons. The fourth-order valence-corrected chi connectivity index (χ4v) is 2.13. The van der Waals surface area contributed by atoms with E-state index in [0.29, 0.717) is 15.6 Å². The molecule has 2 aromatic rings. The molecular weight excluding hydrogens is 274 g/mol. The van der Waals surface area contributed by atoms with Gasteiger partial charge in [0.25, 0.3) is 5.78 Å². The van der Waals surface area contributed by atoms with E-state index in [9.17, 15) is 9.59 Å². The zero-order valence-corrected chi connectivity index (χ0v) is 10.00. The first-order chi connectivity index (χ1) is 7.65. The van der Waals surface area contributed by atoms with E-state index in [-0.39, 0.29) is 0 Å². The van der Waals surface area contributed by atoms with Crippen LogP contribution in [-0.2, 0) is 9.53 Å². The Balaban J connectivity index is 2.64. The number of rotatable bonds is 2. The highest BCUT2D eigenvalue weighted by Crippen LogP contribution is 2.26. The van der Waals surface area contributed by atoms with Crippen LogP contribution >= 0.6 is 15.9 Å². The Morgan fingerprint density at radius 1 is 1.31 bits per heavy atom. The van der Waals surface area contributed by atoms with Gasteiger partial charge in [-0.3, -0.25) is 4.79 Å². The number of benzene rings is 1. The number of H-pyrrole nitrogens is 1. The molecule has 2 rings (SSSR count).